The Hall–Kier alpha value is -4.18. The molecule has 2 atom stereocenters. The van der Waals surface area contributed by atoms with Crippen molar-refractivity contribution in [3.05, 3.63) is 145 Å². The van der Waals surface area contributed by atoms with E-state index >= 15 is 0 Å². The van der Waals surface area contributed by atoms with E-state index < -0.39 is 8.45 Å². The van der Waals surface area contributed by atoms with Gasteiger partial charge in [-0.3, -0.25) is 4.34 Å². The average molecular weight is 697 g/mol. The van der Waals surface area contributed by atoms with Gasteiger partial charge in [0.25, 0.3) is 0 Å². The summed E-state index contributed by atoms with van der Waals surface area (Å²) in [6, 6.07) is 20.9. The van der Waals surface area contributed by atoms with E-state index in [1.54, 1.807) is 6.08 Å². The fraction of sp³-hybridized carbons (Fsp3) is 0.300. The lowest BCUT2D eigenvalue weighted by Crippen LogP contribution is -2.27. The molecular formula is C40H50N4O3P2. The molecule has 5 aromatic rings. The Morgan fingerprint density at radius 1 is 0.776 bits per heavy atom. The van der Waals surface area contributed by atoms with E-state index in [1.165, 1.54) is 11.1 Å². The lowest BCUT2D eigenvalue weighted by Gasteiger charge is -2.38. The zero-order chi connectivity index (χ0) is 35.4. The van der Waals surface area contributed by atoms with Gasteiger partial charge in [0.2, 0.25) is 0 Å². The number of nitrogens with one attached hydrogen (secondary N) is 1. The molecule has 258 valence electrons. The Morgan fingerprint density at radius 2 is 1.29 bits per heavy atom. The van der Waals surface area contributed by atoms with Crippen molar-refractivity contribution in [3.63, 3.8) is 0 Å². The predicted molar refractivity (Wildman–Crippen MR) is 207 cm³/mol. The van der Waals surface area contributed by atoms with Gasteiger partial charge in [0.1, 0.15) is 0 Å². The van der Waals surface area contributed by atoms with E-state index in [-0.39, 0.29) is 25.2 Å². The summed E-state index contributed by atoms with van der Waals surface area (Å²) in [7, 11) is 0.781. The maximum atomic E-state index is 6.91. The number of ether oxygens (including phenoxy) is 1. The number of aromatic nitrogens is 3. The zero-order valence-corrected chi connectivity index (χ0v) is 32.1. The molecule has 1 aliphatic heterocycles. The fourth-order valence-corrected chi connectivity index (χ4v) is 7.23. The second-order valence-corrected chi connectivity index (χ2v) is 17.1. The number of fused-ring (bicyclic) bond motifs is 2. The summed E-state index contributed by atoms with van der Waals surface area (Å²) in [6.07, 6.45) is 17.5. The molecule has 3 aromatic heterocycles. The summed E-state index contributed by atoms with van der Waals surface area (Å²) in [5, 5.41) is 3.42. The fourth-order valence-electron chi connectivity index (χ4n) is 5.37. The van der Waals surface area contributed by atoms with Gasteiger partial charge in [-0.1, -0.05) is 80.2 Å². The SMILES string of the molecule is C=C/C=C\NP(Oc1cc(C(C)(C)C)cc2c1Oc1c(OPn3cccc3)cc(C(C)(C)C)cc1C2(C)C)n1cccc1.Cn1cccc1. The molecule has 4 heterocycles. The first kappa shape index (κ1) is 36.1. The summed E-state index contributed by atoms with van der Waals surface area (Å²) >= 11 is 0. The van der Waals surface area contributed by atoms with E-state index in [1.807, 2.05) is 106 Å². The molecule has 0 fully saturated rings. The molecule has 0 amide bonds. The van der Waals surface area contributed by atoms with Crippen molar-refractivity contribution in [2.75, 3.05) is 0 Å². The van der Waals surface area contributed by atoms with Crippen molar-refractivity contribution in [1.82, 2.24) is 18.3 Å². The molecule has 0 radical (unpaired) electrons. The van der Waals surface area contributed by atoms with Crippen molar-refractivity contribution >= 4 is 17.4 Å². The van der Waals surface area contributed by atoms with Crippen LogP contribution in [0.4, 0.5) is 0 Å². The molecule has 9 heteroatoms. The number of nitrogens with zero attached hydrogens (tertiary/aromatic N) is 3. The molecule has 1 N–H and O–H groups in total. The van der Waals surface area contributed by atoms with Crippen LogP contribution < -0.4 is 18.9 Å². The lowest BCUT2D eigenvalue weighted by molar-refractivity contribution is 0.383. The third-order valence-corrected chi connectivity index (χ3v) is 10.7. The van der Waals surface area contributed by atoms with Gasteiger partial charge in [-0.15, -0.1) is 0 Å². The largest absolute Gasteiger partial charge is 0.451 e. The van der Waals surface area contributed by atoms with Crippen LogP contribution in [0.1, 0.15) is 77.6 Å². The maximum absolute atomic E-state index is 6.91. The molecule has 6 rings (SSSR count). The quantitative estimate of drug-likeness (QED) is 0.123. The molecule has 1 aliphatic rings. The third kappa shape index (κ3) is 8.52. The van der Waals surface area contributed by atoms with Gasteiger partial charge < -0.3 is 27.8 Å². The molecule has 0 aliphatic carbocycles. The maximum Gasteiger partial charge on any atom is 0.310 e. The molecule has 2 aromatic carbocycles. The first-order chi connectivity index (χ1) is 23.2. The van der Waals surface area contributed by atoms with Crippen molar-refractivity contribution in [3.8, 4) is 23.0 Å². The summed E-state index contributed by atoms with van der Waals surface area (Å²) in [5.74, 6) is 2.89. The second kappa shape index (κ2) is 14.7. The minimum atomic E-state index is -1.31. The Morgan fingerprint density at radius 3 is 1.80 bits per heavy atom. The monoisotopic (exact) mass is 696 g/mol. The van der Waals surface area contributed by atoms with Gasteiger partial charge in [0.15, 0.2) is 32.0 Å². The Bertz CT molecular complexity index is 1860. The predicted octanol–water partition coefficient (Wildman–Crippen LogP) is 11.2. The summed E-state index contributed by atoms with van der Waals surface area (Å²) < 4.78 is 26.3. The van der Waals surface area contributed by atoms with Crippen molar-refractivity contribution in [2.45, 2.75) is 71.6 Å². The highest BCUT2D eigenvalue weighted by Gasteiger charge is 2.40. The first-order valence-corrected chi connectivity index (χ1v) is 18.6. The number of rotatable bonds is 9. The number of benzene rings is 2. The van der Waals surface area contributed by atoms with Crippen LogP contribution in [0.5, 0.6) is 23.0 Å². The van der Waals surface area contributed by atoms with E-state index in [4.69, 9.17) is 13.8 Å². The van der Waals surface area contributed by atoms with Crippen molar-refractivity contribution < 1.29 is 13.8 Å². The lowest BCUT2D eigenvalue weighted by atomic mass is 9.72. The molecule has 0 saturated heterocycles. The van der Waals surface area contributed by atoms with Crippen LogP contribution in [0.3, 0.4) is 0 Å². The van der Waals surface area contributed by atoms with Crippen LogP contribution >= 0.6 is 17.4 Å². The highest BCUT2D eigenvalue weighted by molar-refractivity contribution is 7.49. The van der Waals surface area contributed by atoms with Gasteiger partial charge >= 0.3 is 8.45 Å². The van der Waals surface area contributed by atoms with Gasteiger partial charge in [0.05, 0.1) is 0 Å². The number of hydrogen-bond donors (Lipinski definition) is 1. The zero-order valence-electron chi connectivity index (χ0n) is 30.2. The molecule has 49 heavy (non-hydrogen) atoms. The third-order valence-electron chi connectivity index (χ3n) is 8.41. The van der Waals surface area contributed by atoms with Crippen LogP contribution in [0, 0.1) is 0 Å². The Labute approximate surface area is 295 Å². The molecule has 0 bridgehead atoms. The minimum absolute atomic E-state index is 0.0706. The minimum Gasteiger partial charge on any atom is -0.451 e. The average Bonchev–Trinajstić information content (AvgIpc) is 3.84. The van der Waals surface area contributed by atoms with Gasteiger partial charge in [-0.2, -0.15) is 0 Å². The highest BCUT2D eigenvalue weighted by Crippen LogP contribution is 2.58. The normalized spacial score (nSPS) is 14.4. The van der Waals surface area contributed by atoms with E-state index in [2.05, 4.69) is 91.3 Å². The Balaban J connectivity index is 0.000000704. The number of aryl methyl sites for hydroxylation is 1. The topological polar surface area (TPSA) is 54.5 Å². The van der Waals surface area contributed by atoms with Crippen LogP contribution in [0.15, 0.2) is 123 Å². The number of allylic oxidation sites excluding steroid dienone is 2. The van der Waals surface area contributed by atoms with Crippen LogP contribution in [0.2, 0.25) is 0 Å². The van der Waals surface area contributed by atoms with E-state index in [0.717, 1.165) is 28.4 Å². The molecular weight excluding hydrogens is 646 g/mol. The summed E-state index contributed by atoms with van der Waals surface area (Å²) in [5.41, 5.74) is 4.03. The summed E-state index contributed by atoms with van der Waals surface area (Å²) in [4.78, 5) is 0. The molecule has 0 saturated carbocycles. The van der Waals surface area contributed by atoms with Crippen molar-refractivity contribution in [1.29, 1.82) is 0 Å². The second-order valence-electron chi connectivity index (χ2n) is 14.7. The van der Waals surface area contributed by atoms with E-state index in [9.17, 15) is 0 Å². The van der Waals surface area contributed by atoms with Gasteiger partial charge in [-0.25, -0.2) is 0 Å². The number of hydrogen-bond acceptors (Lipinski definition) is 4. The van der Waals surface area contributed by atoms with Crippen LogP contribution in [0.25, 0.3) is 0 Å². The van der Waals surface area contributed by atoms with Gasteiger partial charge in [-0.05, 0) is 76.6 Å². The highest BCUT2D eigenvalue weighted by atomic mass is 31.2. The molecule has 0 spiro atoms. The molecule has 2 unspecified atom stereocenters. The van der Waals surface area contributed by atoms with E-state index in [0.29, 0.717) is 5.75 Å². The standard InChI is InChI=1S/C35H43N3O3P2.C5H7N/c1-10-11-16-36-43(38-19-14-15-20-38)41-30-24-26(34(5,6)7)22-28-32(30)39-31-27(35(28,8)9)21-25(33(2,3)4)23-29(31)40-42-37-17-12-13-18-37;1-6-4-2-3-5-6/h10-24,36,42H,1H2,2-9H3;2-5H,1H3/b16-11-;. The van der Waals surface area contributed by atoms with Crippen LogP contribution in [-0.2, 0) is 23.3 Å². The van der Waals surface area contributed by atoms with Crippen molar-refractivity contribution in [2.24, 2.45) is 7.05 Å². The van der Waals surface area contributed by atoms with Gasteiger partial charge in [0, 0.05) is 67.0 Å². The Kier molecular flexibility index (Phi) is 10.9. The smallest absolute Gasteiger partial charge is 0.310 e. The first-order valence-electron chi connectivity index (χ1n) is 16.5. The van der Waals surface area contributed by atoms with Crippen LogP contribution in [-0.4, -0.2) is 13.2 Å². The summed E-state index contributed by atoms with van der Waals surface area (Å²) in [6.45, 7) is 21.7. The molecule has 7 nitrogen and oxygen atoms in total.